The Morgan fingerprint density at radius 1 is 1.10 bits per heavy atom. The third-order valence-electron chi connectivity index (χ3n) is 4.93. The smallest absolute Gasteiger partial charge is 0.243 e. The zero-order chi connectivity index (χ0) is 20.9. The summed E-state index contributed by atoms with van der Waals surface area (Å²) in [5.74, 6) is 1.11. The van der Waals surface area contributed by atoms with Crippen LogP contribution in [0.1, 0.15) is 26.2 Å². The Kier molecular flexibility index (Phi) is 7.62. The second-order valence-corrected chi connectivity index (χ2v) is 10.8. The molecule has 29 heavy (non-hydrogen) atoms. The number of nitrogens with zero attached hydrogens (tertiary/aromatic N) is 1. The Labute approximate surface area is 181 Å². The molecular weight excluding hydrogens is 428 g/mol. The van der Waals surface area contributed by atoms with Gasteiger partial charge in [-0.1, -0.05) is 18.5 Å². The summed E-state index contributed by atoms with van der Waals surface area (Å²) in [7, 11) is -3.47. The average Bonchev–Trinajstić information content (AvgIpc) is 2.70. The van der Waals surface area contributed by atoms with Crippen LogP contribution in [0, 0.1) is 5.92 Å². The van der Waals surface area contributed by atoms with Gasteiger partial charge in [0.15, 0.2) is 0 Å². The Morgan fingerprint density at radius 3 is 2.34 bits per heavy atom. The van der Waals surface area contributed by atoms with Gasteiger partial charge in [0.25, 0.3) is 0 Å². The van der Waals surface area contributed by atoms with Gasteiger partial charge in [0.05, 0.1) is 4.90 Å². The summed E-state index contributed by atoms with van der Waals surface area (Å²) < 4.78 is 27.1. The number of thioether (sulfide) groups is 1. The second-order valence-electron chi connectivity index (χ2n) is 7.21. The van der Waals surface area contributed by atoms with Crippen LogP contribution in [0.4, 0.5) is 5.69 Å². The summed E-state index contributed by atoms with van der Waals surface area (Å²) in [5, 5.41) is 3.51. The van der Waals surface area contributed by atoms with Gasteiger partial charge in [-0.2, -0.15) is 4.31 Å². The molecular formula is C21H25ClN2O3S2. The molecule has 2 aromatic carbocycles. The van der Waals surface area contributed by atoms with Gasteiger partial charge in [-0.05, 0) is 67.3 Å². The Morgan fingerprint density at radius 2 is 1.72 bits per heavy atom. The predicted molar refractivity (Wildman–Crippen MR) is 119 cm³/mol. The summed E-state index contributed by atoms with van der Waals surface area (Å²) in [4.78, 5) is 13.5. The van der Waals surface area contributed by atoms with Crippen LogP contribution < -0.4 is 5.32 Å². The van der Waals surface area contributed by atoms with Crippen LogP contribution >= 0.6 is 23.4 Å². The summed E-state index contributed by atoms with van der Waals surface area (Å²) in [6, 6.07) is 13.9. The van der Waals surface area contributed by atoms with Gasteiger partial charge in [-0.3, -0.25) is 4.79 Å². The van der Waals surface area contributed by atoms with Crippen molar-refractivity contribution in [1.29, 1.82) is 0 Å². The van der Waals surface area contributed by atoms with Crippen molar-refractivity contribution in [2.24, 2.45) is 5.92 Å². The molecule has 8 heteroatoms. The predicted octanol–water partition coefficient (Wildman–Crippen LogP) is 4.88. The fraction of sp³-hybridized carbons (Fsp3) is 0.381. The van der Waals surface area contributed by atoms with Gasteiger partial charge in [0.2, 0.25) is 15.9 Å². The lowest BCUT2D eigenvalue weighted by Crippen LogP contribution is -2.37. The molecule has 1 aliphatic heterocycles. The first kappa shape index (κ1) is 22.2. The monoisotopic (exact) mass is 452 g/mol. The lowest BCUT2D eigenvalue weighted by atomic mass is 10.0. The van der Waals surface area contributed by atoms with E-state index < -0.39 is 10.0 Å². The maximum atomic E-state index is 12.8. The normalized spacial score (nSPS) is 15.9. The standard InChI is InChI=1S/C21H25ClN2O3S2/c1-16-10-13-24(14-11-16)29(26,27)20-8-4-18(5-9-20)23-21(25)12-15-28-19-6-2-17(22)3-7-19/h2-9,16H,10-15H2,1H3,(H,23,25). The molecule has 0 spiro atoms. The largest absolute Gasteiger partial charge is 0.326 e. The van der Waals surface area contributed by atoms with E-state index in [0.29, 0.717) is 41.9 Å². The highest BCUT2D eigenvalue weighted by atomic mass is 35.5. The average molecular weight is 453 g/mol. The van der Waals surface area contributed by atoms with E-state index >= 15 is 0 Å². The third kappa shape index (κ3) is 6.22. The minimum atomic E-state index is -3.47. The summed E-state index contributed by atoms with van der Waals surface area (Å²) in [5.41, 5.74) is 0.595. The maximum Gasteiger partial charge on any atom is 0.243 e. The van der Waals surface area contributed by atoms with Crippen LogP contribution in [0.15, 0.2) is 58.3 Å². The number of rotatable bonds is 7. The van der Waals surface area contributed by atoms with Crippen LogP contribution in [0.3, 0.4) is 0 Å². The van der Waals surface area contributed by atoms with Crippen molar-refractivity contribution in [2.75, 3.05) is 24.2 Å². The molecule has 2 aromatic rings. The Bertz CT molecular complexity index is 923. The first-order valence-corrected chi connectivity index (χ1v) is 12.4. The van der Waals surface area contributed by atoms with E-state index in [2.05, 4.69) is 12.2 Å². The number of amides is 1. The van der Waals surface area contributed by atoms with Gasteiger partial charge in [-0.25, -0.2) is 8.42 Å². The molecule has 0 aliphatic carbocycles. The van der Waals surface area contributed by atoms with Gasteiger partial charge >= 0.3 is 0 Å². The number of nitrogens with one attached hydrogen (secondary N) is 1. The molecule has 3 rings (SSSR count). The van der Waals surface area contributed by atoms with E-state index in [4.69, 9.17) is 11.6 Å². The van der Waals surface area contributed by atoms with E-state index in [-0.39, 0.29) is 10.8 Å². The molecule has 1 fully saturated rings. The lowest BCUT2D eigenvalue weighted by Gasteiger charge is -2.29. The fourth-order valence-corrected chi connectivity index (χ4v) is 5.55. The molecule has 0 unspecified atom stereocenters. The molecule has 0 saturated carbocycles. The molecule has 0 radical (unpaired) electrons. The number of piperidine rings is 1. The Balaban J connectivity index is 1.50. The number of halogens is 1. The molecule has 0 aromatic heterocycles. The molecule has 1 aliphatic rings. The van der Waals surface area contributed by atoms with Gasteiger partial charge in [-0.15, -0.1) is 11.8 Å². The summed E-state index contributed by atoms with van der Waals surface area (Å²) in [6.45, 7) is 3.27. The Hall–Kier alpha value is -1.54. The quantitative estimate of drug-likeness (QED) is 0.608. The van der Waals surface area contributed by atoms with Crippen LogP contribution in [0.5, 0.6) is 0 Å². The van der Waals surface area contributed by atoms with Gasteiger partial charge < -0.3 is 5.32 Å². The molecule has 156 valence electrons. The van der Waals surface area contributed by atoms with E-state index in [1.807, 2.05) is 24.3 Å². The van der Waals surface area contributed by atoms with E-state index in [0.717, 1.165) is 17.7 Å². The van der Waals surface area contributed by atoms with E-state index in [1.165, 1.54) is 0 Å². The van der Waals surface area contributed by atoms with Crippen molar-refractivity contribution in [2.45, 2.75) is 36.0 Å². The van der Waals surface area contributed by atoms with E-state index in [1.54, 1.807) is 40.3 Å². The molecule has 1 heterocycles. The third-order valence-corrected chi connectivity index (χ3v) is 8.11. The fourth-order valence-electron chi connectivity index (χ4n) is 3.10. The number of carbonyl (C=O) groups excluding carboxylic acids is 1. The maximum absolute atomic E-state index is 12.8. The second kappa shape index (κ2) is 9.98. The van der Waals surface area contributed by atoms with Gasteiger partial charge in [0, 0.05) is 40.9 Å². The van der Waals surface area contributed by atoms with Crippen molar-refractivity contribution in [3.05, 3.63) is 53.6 Å². The van der Waals surface area contributed by atoms with Crippen LogP contribution in [-0.2, 0) is 14.8 Å². The van der Waals surface area contributed by atoms with Crippen molar-refractivity contribution in [3.8, 4) is 0 Å². The SMILES string of the molecule is CC1CCN(S(=O)(=O)c2ccc(NC(=O)CCSc3ccc(Cl)cc3)cc2)CC1. The minimum Gasteiger partial charge on any atom is -0.326 e. The van der Waals surface area contributed by atoms with Crippen molar-refractivity contribution in [3.63, 3.8) is 0 Å². The first-order valence-electron chi connectivity index (χ1n) is 9.63. The zero-order valence-electron chi connectivity index (χ0n) is 16.3. The highest BCUT2D eigenvalue weighted by Crippen LogP contribution is 2.25. The summed E-state index contributed by atoms with van der Waals surface area (Å²) >= 11 is 7.45. The lowest BCUT2D eigenvalue weighted by molar-refractivity contribution is -0.115. The molecule has 1 saturated heterocycles. The van der Waals surface area contributed by atoms with Gasteiger partial charge in [0.1, 0.15) is 0 Å². The van der Waals surface area contributed by atoms with Crippen molar-refractivity contribution in [1.82, 2.24) is 4.31 Å². The van der Waals surface area contributed by atoms with Crippen molar-refractivity contribution >= 4 is 45.0 Å². The highest BCUT2D eigenvalue weighted by Gasteiger charge is 2.27. The summed E-state index contributed by atoms with van der Waals surface area (Å²) in [6.07, 6.45) is 2.14. The molecule has 1 amide bonds. The molecule has 5 nitrogen and oxygen atoms in total. The number of benzene rings is 2. The topological polar surface area (TPSA) is 66.5 Å². The number of sulfonamides is 1. The van der Waals surface area contributed by atoms with Crippen LogP contribution in [0.2, 0.25) is 5.02 Å². The molecule has 1 N–H and O–H groups in total. The number of hydrogen-bond acceptors (Lipinski definition) is 4. The molecule has 0 atom stereocenters. The number of anilines is 1. The van der Waals surface area contributed by atoms with Crippen LogP contribution in [-0.4, -0.2) is 37.5 Å². The van der Waals surface area contributed by atoms with E-state index in [9.17, 15) is 13.2 Å². The molecule has 0 bridgehead atoms. The van der Waals surface area contributed by atoms with Crippen molar-refractivity contribution < 1.29 is 13.2 Å². The van der Waals surface area contributed by atoms with Crippen LogP contribution in [0.25, 0.3) is 0 Å². The number of hydrogen-bond donors (Lipinski definition) is 1. The number of carbonyl (C=O) groups is 1. The first-order chi connectivity index (χ1) is 13.8. The zero-order valence-corrected chi connectivity index (χ0v) is 18.7. The highest BCUT2D eigenvalue weighted by molar-refractivity contribution is 7.99. The minimum absolute atomic E-state index is 0.105.